The van der Waals surface area contributed by atoms with Crippen LogP contribution in [0.15, 0.2) is 12.1 Å². The van der Waals surface area contributed by atoms with Crippen molar-refractivity contribution in [3.05, 3.63) is 23.4 Å². The minimum absolute atomic E-state index is 0.0146. The highest BCUT2D eigenvalue weighted by Gasteiger charge is 2.13. The van der Waals surface area contributed by atoms with E-state index < -0.39 is 0 Å². The summed E-state index contributed by atoms with van der Waals surface area (Å²) in [6.45, 7) is 6.03. The van der Waals surface area contributed by atoms with Gasteiger partial charge < -0.3 is 15.0 Å². The lowest BCUT2D eigenvalue weighted by Crippen LogP contribution is -2.28. The fraction of sp³-hybridized carbons (Fsp3) is 0.571. The molecular formula is C14H23N3O2. The maximum atomic E-state index is 12.3. The van der Waals surface area contributed by atoms with Crippen LogP contribution in [0.25, 0.3) is 0 Å². The SMILES string of the molecule is CCNc1cc(C(=O)N(C)CCCOC)cc(C)n1. The van der Waals surface area contributed by atoms with Crippen molar-refractivity contribution in [3.8, 4) is 0 Å². The van der Waals surface area contributed by atoms with Crippen molar-refractivity contribution in [1.29, 1.82) is 0 Å². The Bertz CT molecular complexity index is 421. The Hall–Kier alpha value is -1.62. The number of rotatable bonds is 7. The minimum atomic E-state index is 0.0146. The van der Waals surface area contributed by atoms with Crippen molar-refractivity contribution >= 4 is 11.7 Å². The van der Waals surface area contributed by atoms with Gasteiger partial charge in [-0.15, -0.1) is 0 Å². The zero-order valence-electron chi connectivity index (χ0n) is 12.2. The molecule has 0 aliphatic rings. The molecule has 0 fully saturated rings. The first kappa shape index (κ1) is 15.4. The highest BCUT2D eigenvalue weighted by atomic mass is 16.5. The van der Waals surface area contributed by atoms with Crippen molar-refractivity contribution in [2.45, 2.75) is 20.3 Å². The number of pyridine rings is 1. The summed E-state index contributed by atoms with van der Waals surface area (Å²) in [5.74, 6) is 0.761. The summed E-state index contributed by atoms with van der Waals surface area (Å²) in [6, 6.07) is 3.61. The number of nitrogens with one attached hydrogen (secondary N) is 1. The maximum Gasteiger partial charge on any atom is 0.253 e. The Morgan fingerprint density at radius 1 is 1.47 bits per heavy atom. The topological polar surface area (TPSA) is 54.5 Å². The van der Waals surface area contributed by atoms with Crippen LogP contribution in [0.2, 0.25) is 0 Å². The van der Waals surface area contributed by atoms with Crippen LogP contribution >= 0.6 is 0 Å². The molecule has 1 N–H and O–H groups in total. The molecule has 0 bridgehead atoms. The number of amides is 1. The molecule has 0 aliphatic carbocycles. The summed E-state index contributed by atoms with van der Waals surface area (Å²) in [7, 11) is 3.47. The minimum Gasteiger partial charge on any atom is -0.385 e. The number of nitrogens with zero attached hydrogens (tertiary/aromatic N) is 2. The molecule has 0 spiro atoms. The summed E-state index contributed by atoms with van der Waals surface area (Å²) in [6.07, 6.45) is 0.836. The zero-order valence-corrected chi connectivity index (χ0v) is 12.2. The number of ether oxygens (including phenoxy) is 1. The van der Waals surface area contributed by atoms with E-state index in [1.807, 2.05) is 19.9 Å². The normalized spacial score (nSPS) is 10.3. The highest BCUT2D eigenvalue weighted by molar-refractivity contribution is 5.94. The number of carbonyl (C=O) groups excluding carboxylic acids is 1. The lowest BCUT2D eigenvalue weighted by Gasteiger charge is -2.17. The predicted molar refractivity (Wildman–Crippen MR) is 76.6 cm³/mol. The van der Waals surface area contributed by atoms with Crippen molar-refractivity contribution in [2.75, 3.05) is 39.2 Å². The molecule has 1 rings (SSSR count). The third-order valence-corrected chi connectivity index (χ3v) is 2.75. The molecule has 19 heavy (non-hydrogen) atoms. The van der Waals surface area contributed by atoms with Gasteiger partial charge >= 0.3 is 0 Å². The summed E-state index contributed by atoms with van der Waals surface area (Å²) >= 11 is 0. The van der Waals surface area contributed by atoms with Gasteiger partial charge in [0.15, 0.2) is 0 Å². The second kappa shape index (κ2) is 7.74. The van der Waals surface area contributed by atoms with Crippen molar-refractivity contribution in [3.63, 3.8) is 0 Å². The average Bonchev–Trinajstić information content (AvgIpc) is 2.37. The number of hydrogen-bond acceptors (Lipinski definition) is 4. The van der Waals surface area contributed by atoms with E-state index in [0.717, 1.165) is 24.5 Å². The Labute approximate surface area is 115 Å². The maximum absolute atomic E-state index is 12.3. The first-order chi connectivity index (χ1) is 9.08. The van der Waals surface area contributed by atoms with Gasteiger partial charge in [-0.3, -0.25) is 4.79 Å². The summed E-state index contributed by atoms with van der Waals surface area (Å²) in [5, 5.41) is 3.13. The standard InChI is InChI=1S/C14H23N3O2/c1-5-15-13-10-12(9-11(2)16-13)14(18)17(3)7-6-8-19-4/h9-10H,5-8H2,1-4H3,(H,15,16). The highest BCUT2D eigenvalue weighted by Crippen LogP contribution is 2.12. The number of aromatic nitrogens is 1. The summed E-state index contributed by atoms with van der Waals surface area (Å²) in [5.41, 5.74) is 1.51. The second-order valence-corrected chi connectivity index (χ2v) is 4.49. The lowest BCUT2D eigenvalue weighted by atomic mass is 10.2. The molecule has 0 saturated carbocycles. The Morgan fingerprint density at radius 3 is 2.84 bits per heavy atom. The molecule has 0 aromatic carbocycles. The quantitative estimate of drug-likeness (QED) is 0.765. The van der Waals surface area contributed by atoms with Crippen LogP contribution in [0.1, 0.15) is 29.4 Å². The predicted octanol–water partition coefficient (Wildman–Crippen LogP) is 1.93. The Kier molecular flexibility index (Phi) is 6.29. The van der Waals surface area contributed by atoms with E-state index >= 15 is 0 Å². The Morgan fingerprint density at radius 2 is 2.21 bits per heavy atom. The summed E-state index contributed by atoms with van der Waals surface area (Å²) < 4.78 is 4.99. The van der Waals surface area contributed by atoms with Gasteiger partial charge in [0.1, 0.15) is 5.82 Å². The van der Waals surface area contributed by atoms with Crippen LogP contribution < -0.4 is 5.32 Å². The third-order valence-electron chi connectivity index (χ3n) is 2.75. The number of aryl methyl sites for hydroxylation is 1. The van der Waals surface area contributed by atoms with Crippen LogP contribution in [0.3, 0.4) is 0 Å². The van der Waals surface area contributed by atoms with E-state index in [2.05, 4.69) is 10.3 Å². The molecule has 1 heterocycles. The molecule has 106 valence electrons. The third kappa shape index (κ3) is 4.87. The number of anilines is 1. The van der Waals surface area contributed by atoms with Crippen LogP contribution in [-0.4, -0.2) is 49.6 Å². The molecule has 0 aliphatic heterocycles. The lowest BCUT2D eigenvalue weighted by molar-refractivity contribution is 0.0779. The molecule has 0 radical (unpaired) electrons. The van der Waals surface area contributed by atoms with E-state index in [4.69, 9.17) is 4.74 Å². The fourth-order valence-corrected chi connectivity index (χ4v) is 1.83. The summed E-state index contributed by atoms with van der Waals surface area (Å²) in [4.78, 5) is 18.3. The van der Waals surface area contributed by atoms with E-state index in [9.17, 15) is 4.79 Å². The van der Waals surface area contributed by atoms with Gasteiger partial charge in [0.25, 0.3) is 5.91 Å². The van der Waals surface area contributed by atoms with E-state index in [0.29, 0.717) is 18.7 Å². The van der Waals surface area contributed by atoms with Gasteiger partial charge in [0.05, 0.1) is 0 Å². The largest absolute Gasteiger partial charge is 0.385 e. The molecule has 0 unspecified atom stereocenters. The van der Waals surface area contributed by atoms with Gasteiger partial charge in [-0.1, -0.05) is 0 Å². The van der Waals surface area contributed by atoms with Gasteiger partial charge in [0, 0.05) is 45.1 Å². The molecule has 1 aromatic heterocycles. The fourth-order valence-electron chi connectivity index (χ4n) is 1.83. The molecule has 1 amide bonds. The smallest absolute Gasteiger partial charge is 0.253 e. The van der Waals surface area contributed by atoms with Crippen LogP contribution in [0, 0.1) is 6.92 Å². The van der Waals surface area contributed by atoms with Crippen molar-refractivity contribution in [1.82, 2.24) is 9.88 Å². The Balaban J connectivity index is 2.74. The average molecular weight is 265 g/mol. The van der Waals surface area contributed by atoms with Gasteiger partial charge in [-0.2, -0.15) is 0 Å². The molecule has 5 nitrogen and oxygen atoms in total. The van der Waals surface area contributed by atoms with Gasteiger partial charge in [-0.05, 0) is 32.4 Å². The number of hydrogen-bond donors (Lipinski definition) is 1. The van der Waals surface area contributed by atoms with E-state index in [1.54, 1.807) is 25.1 Å². The molecule has 0 atom stereocenters. The monoisotopic (exact) mass is 265 g/mol. The zero-order chi connectivity index (χ0) is 14.3. The second-order valence-electron chi connectivity index (χ2n) is 4.49. The molecular weight excluding hydrogens is 242 g/mol. The first-order valence-electron chi connectivity index (χ1n) is 6.55. The first-order valence-corrected chi connectivity index (χ1v) is 6.55. The number of carbonyl (C=O) groups is 1. The van der Waals surface area contributed by atoms with E-state index in [1.165, 1.54) is 0 Å². The molecule has 0 saturated heterocycles. The van der Waals surface area contributed by atoms with Crippen molar-refractivity contribution in [2.24, 2.45) is 0 Å². The van der Waals surface area contributed by atoms with Gasteiger partial charge in [0.2, 0.25) is 0 Å². The molecule has 5 heteroatoms. The van der Waals surface area contributed by atoms with Crippen LogP contribution in [0.4, 0.5) is 5.82 Å². The van der Waals surface area contributed by atoms with Crippen molar-refractivity contribution < 1.29 is 9.53 Å². The van der Waals surface area contributed by atoms with Gasteiger partial charge in [-0.25, -0.2) is 4.98 Å². The van der Waals surface area contributed by atoms with E-state index in [-0.39, 0.29) is 5.91 Å². The van der Waals surface area contributed by atoms with Crippen LogP contribution in [-0.2, 0) is 4.74 Å². The van der Waals surface area contributed by atoms with Crippen LogP contribution in [0.5, 0.6) is 0 Å². The molecule has 1 aromatic rings. The number of methoxy groups -OCH3 is 1.